The van der Waals surface area contributed by atoms with Gasteiger partial charge >= 0.3 is 6.18 Å². The fourth-order valence-electron chi connectivity index (χ4n) is 2.60. The van der Waals surface area contributed by atoms with Gasteiger partial charge in [-0.15, -0.1) is 0 Å². The molecule has 0 bridgehead atoms. The van der Waals surface area contributed by atoms with Crippen LogP contribution in [0, 0.1) is 0 Å². The maximum absolute atomic E-state index is 12.8. The van der Waals surface area contributed by atoms with Gasteiger partial charge in [0.1, 0.15) is 11.5 Å². The van der Waals surface area contributed by atoms with E-state index in [9.17, 15) is 18.3 Å². The standard InChI is InChI=1S/C20H18F3NO2/c21-20(22,23)16-8-4-7-15(11-16)19-10-9-17(26-19)12-24-13-18(25)14-5-2-1-3-6-14/h1-11,18,24-25H,12-13H2. The van der Waals surface area contributed by atoms with Crippen LogP contribution in [0.3, 0.4) is 0 Å². The smallest absolute Gasteiger partial charge is 0.416 e. The Morgan fingerprint density at radius 2 is 1.73 bits per heavy atom. The van der Waals surface area contributed by atoms with Crippen LogP contribution in [0.15, 0.2) is 71.1 Å². The molecule has 3 rings (SSSR count). The van der Waals surface area contributed by atoms with E-state index in [0.29, 0.717) is 30.2 Å². The summed E-state index contributed by atoms with van der Waals surface area (Å²) in [5.74, 6) is 0.953. The van der Waals surface area contributed by atoms with Crippen molar-refractivity contribution >= 4 is 0 Å². The first-order valence-electron chi connectivity index (χ1n) is 8.13. The molecule has 3 aromatic rings. The molecule has 0 radical (unpaired) electrons. The first-order valence-corrected chi connectivity index (χ1v) is 8.13. The molecular formula is C20H18F3NO2. The molecule has 0 amide bonds. The number of alkyl halides is 3. The Hall–Kier alpha value is -2.57. The van der Waals surface area contributed by atoms with E-state index in [1.165, 1.54) is 6.07 Å². The van der Waals surface area contributed by atoms with Gasteiger partial charge in [-0.2, -0.15) is 13.2 Å². The van der Waals surface area contributed by atoms with Gasteiger partial charge in [0.25, 0.3) is 0 Å². The van der Waals surface area contributed by atoms with E-state index in [4.69, 9.17) is 4.42 Å². The SMILES string of the molecule is OC(CNCc1ccc(-c2cccc(C(F)(F)F)c2)o1)c1ccccc1. The van der Waals surface area contributed by atoms with E-state index in [1.807, 2.05) is 30.3 Å². The second-order valence-corrected chi connectivity index (χ2v) is 5.90. The highest BCUT2D eigenvalue weighted by Gasteiger charge is 2.30. The Bertz CT molecular complexity index is 844. The Labute approximate surface area is 149 Å². The molecule has 1 heterocycles. The largest absolute Gasteiger partial charge is 0.460 e. The van der Waals surface area contributed by atoms with E-state index in [1.54, 1.807) is 18.2 Å². The molecule has 26 heavy (non-hydrogen) atoms. The van der Waals surface area contributed by atoms with Crippen LogP contribution in [-0.4, -0.2) is 11.7 Å². The monoisotopic (exact) mass is 361 g/mol. The van der Waals surface area contributed by atoms with Crippen molar-refractivity contribution in [2.75, 3.05) is 6.54 Å². The van der Waals surface area contributed by atoms with Crippen molar-refractivity contribution in [2.24, 2.45) is 0 Å². The Kier molecular flexibility index (Phi) is 5.44. The molecule has 0 aliphatic carbocycles. The zero-order chi connectivity index (χ0) is 18.6. The third-order valence-electron chi connectivity index (χ3n) is 3.96. The second-order valence-electron chi connectivity index (χ2n) is 5.90. The highest BCUT2D eigenvalue weighted by molar-refractivity contribution is 5.58. The maximum atomic E-state index is 12.8. The first kappa shape index (κ1) is 18.2. The minimum absolute atomic E-state index is 0.337. The van der Waals surface area contributed by atoms with Crippen molar-refractivity contribution in [2.45, 2.75) is 18.8 Å². The minimum Gasteiger partial charge on any atom is -0.460 e. The molecule has 3 nitrogen and oxygen atoms in total. The summed E-state index contributed by atoms with van der Waals surface area (Å²) in [6.45, 7) is 0.701. The van der Waals surface area contributed by atoms with Crippen molar-refractivity contribution in [1.29, 1.82) is 0 Å². The number of hydrogen-bond donors (Lipinski definition) is 2. The Balaban J connectivity index is 1.60. The lowest BCUT2D eigenvalue weighted by Crippen LogP contribution is -2.20. The molecule has 0 saturated carbocycles. The van der Waals surface area contributed by atoms with E-state index in [0.717, 1.165) is 17.7 Å². The van der Waals surface area contributed by atoms with E-state index in [-0.39, 0.29) is 0 Å². The molecule has 2 N–H and O–H groups in total. The molecule has 0 spiro atoms. The predicted octanol–water partition coefficient (Wildman–Crippen LogP) is 4.79. The Morgan fingerprint density at radius 1 is 0.962 bits per heavy atom. The van der Waals surface area contributed by atoms with Crippen LogP contribution in [0.2, 0.25) is 0 Å². The fraction of sp³-hybridized carbons (Fsp3) is 0.200. The van der Waals surface area contributed by atoms with Crippen molar-refractivity contribution in [1.82, 2.24) is 5.32 Å². The summed E-state index contributed by atoms with van der Waals surface area (Å²) in [4.78, 5) is 0. The van der Waals surface area contributed by atoms with Crippen LogP contribution in [0.4, 0.5) is 13.2 Å². The summed E-state index contributed by atoms with van der Waals surface area (Å²) in [6, 6.07) is 17.6. The van der Waals surface area contributed by atoms with Gasteiger partial charge in [-0.05, 0) is 29.8 Å². The summed E-state index contributed by atoms with van der Waals surface area (Å²) in [5, 5.41) is 13.2. The molecule has 0 saturated heterocycles. The van der Waals surface area contributed by atoms with Crippen molar-refractivity contribution in [3.05, 3.63) is 83.6 Å². The van der Waals surface area contributed by atoms with Gasteiger partial charge in [-0.3, -0.25) is 0 Å². The van der Waals surface area contributed by atoms with E-state index >= 15 is 0 Å². The number of rotatable bonds is 6. The molecule has 1 atom stereocenters. The lowest BCUT2D eigenvalue weighted by atomic mass is 10.1. The van der Waals surface area contributed by atoms with Crippen LogP contribution in [-0.2, 0) is 12.7 Å². The van der Waals surface area contributed by atoms with Gasteiger partial charge in [0, 0.05) is 12.1 Å². The molecular weight excluding hydrogens is 343 g/mol. The van der Waals surface area contributed by atoms with Gasteiger partial charge in [-0.1, -0.05) is 42.5 Å². The highest BCUT2D eigenvalue weighted by atomic mass is 19.4. The van der Waals surface area contributed by atoms with Crippen LogP contribution in [0.5, 0.6) is 0 Å². The third-order valence-corrected chi connectivity index (χ3v) is 3.96. The van der Waals surface area contributed by atoms with E-state index in [2.05, 4.69) is 5.32 Å². The summed E-state index contributed by atoms with van der Waals surface area (Å²) in [5.41, 5.74) is 0.469. The van der Waals surface area contributed by atoms with Gasteiger partial charge in [0.15, 0.2) is 0 Å². The lowest BCUT2D eigenvalue weighted by molar-refractivity contribution is -0.137. The number of aliphatic hydroxyl groups is 1. The normalized spacial score (nSPS) is 12.9. The third kappa shape index (κ3) is 4.53. The van der Waals surface area contributed by atoms with Crippen LogP contribution in [0.1, 0.15) is 23.0 Å². The summed E-state index contributed by atoms with van der Waals surface area (Å²) < 4.78 is 44.0. The van der Waals surface area contributed by atoms with Crippen LogP contribution >= 0.6 is 0 Å². The molecule has 0 aliphatic heterocycles. The van der Waals surface area contributed by atoms with Crippen molar-refractivity contribution in [3.8, 4) is 11.3 Å². The number of benzene rings is 2. The summed E-state index contributed by atoms with van der Waals surface area (Å²) in [6.07, 6.45) is -5.03. The molecule has 2 aromatic carbocycles. The van der Waals surface area contributed by atoms with Crippen molar-refractivity contribution < 1.29 is 22.7 Å². The average molecular weight is 361 g/mol. The predicted molar refractivity (Wildman–Crippen MR) is 92.3 cm³/mol. The molecule has 6 heteroatoms. The number of aliphatic hydroxyl groups excluding tert-OH is 1. The Morgan fingerprint density at radius 3 is 2.46 bits per heavy atom. The highest BCUT2D eigenvalue weighted by Crippen LogP contribution is 2.32. The maximum Gasteiger partial charge on any atom is 0.416 e. The molecule has 0 fully saturated rings. The molecule has 136 valence electrons. The summed E-state index contributed by atoms with van der Waals surface area (Å²) >= 11 is 0. The summed E-state index contributed by atoms with van der Waals surface area (Å²) in [7, 11) is 0. The topological polar surface area (TPSA) is 45.4 Å². The lowest BCUT2D eigenvalue weighted by Gasteiger charge is -2.11. The van der Waals surface area contributed by atoms with Gasteiger partial charge in [0.05, 0.1) is 18.2 Å². The van der Waals surface area contributed by atoms with Gasteiger partial charge < -0.3 is 14.8 Å². The number of hydrogen-bond acceptors (Lipinski definition) is 3. The minimum atomic E-state index is -4.39. The number of furan rings is 1. The van der Waals surface area contributed by atoms with Crippen LogP contribution in [0.25, 0.3) is 11.3 Å². The zero-order valence-electron chi connectivity index (χ0n) is 13.8. The number of nitrogens with one attached hydrogen (secondary N) is 1. The van der Waals surface area contributed by atoms with Crippen LogP contribution < -0.4 is 5.32 Å². The molecule has 0 aliphatic rings. The van der Waals surface area contributed by atoms with Gasteiger partial charge in [-0.25, -0.2) is 0 Å². The fourth-order valence-corrected chi connectivity index (χ4v) is 2.60. The second kappa shape index (κ2) is 7.76. The molecule has 1 unspecified atom stereocenters. The van der Waals surface area contributed by atoms with E-state index < -0.39 is 17.8 Å². The number of halogens is 3. The quantitative estimate of drug-likeness (QED) is 0.664. The molecule has 1 aromatic heterocycles. The van der Waals surface area contributed by atoms with Gasteiger partial charge in [0.2, 0.25) is 0 Å². The average Bonchev–Trinajstić information content (AvgIpc) is 3.11. The van der Waals surface area contributed by atoms with Crippen molar-refractivity contribution in [3.63, 3.8) is 0 Å². The first-order chi connectivity index (χ1) is 12.4. The zero-order valence-corrected chi connectivity index (χ0v) is 13.8.